The molecule has 98 valence electrons. The third kappa shape index (κ3) is 2.67. The molecule has 7 heteroatoms. The molecule has 0 aromatic carbocycles. The lowest BCUT2D eigenvalue weighted by atomic mass is 9.95. The summed E-state index contributed by atoms with van der Waals surface area (Å²) in [6.07, 6.45) is 0.843. The first-order valence-corrected chi connectivity index (χ1v) is 5.83. The first-order chi connectivity index (χ1) is 8.58. The smallest absolute Gasteiger partial charge is 0.395 e. The molecule has 0 bridgehead atoms. The van der Waals surface area contributed by atoms with Gasteiger partial charge in [0.25, 0.3) is 5.91 Å². The number of furan rings is 1. The molecule has 0 radical (unpaired) electrons. The van der Waals surface area contributed by atoms with E-state index in [1.165, 1.54) is 12.1 Å². The first kappa shape index (κ1) is 12.6. The van der Waals surface area contributed by atoms with E-state index in [-0.39, 0.29) is 11.8 Å². The average Bonchev–Trinajstić information content (AvgIpc) is 2.81. The van der Waals surface area contributed by atoms with Crippen LogP contribution < -0.4 is 10.6 Å². The molecule has 2 atom stereocenters. The summed E-state index contributed by atoms with van der Waals surface area (Å²) in [4.78, 5) is 21.6. The maximum absolute atomic E-state index is 11.8. The molecule has 2 rings (SSSR count). The summed E-state index contributed by atoms with van der Waals surface area (Å²) < 4.78 is 4.86. The molecule has 1 saturated heterocycles. The molecule has 1 aromatic rings. The van der Waals surface area contributed by atoms with Gasteiger partial charge in [-0.05, 0) is 31.5 Å². The lowest BCUT2D eigenvalue weighted by Crippen LogP contribution is -2.48. The van der Waals surface area contributed by atoms with E-state index in [1.807, 2.05) is 6.92 Å². The average molecular weight is 253 g/mol. The SMILES string of the molecule is CC1CNCCC1NC(=O)c1ccc([N+](=O)[O-])o1. The Morgan fingerprint density at radius 1 is 1.61 bits per heavy atom. The van der Waals surface area contributed by atoms with Crippen LogP contribution >= 0.6 is 0 Å². The zero-order chi connectivity index (χ0) is 13.1. The summed E-state index contributed by atoms with van der Waals surface area (Å²) in [6, 6.07) is 2.57. The molecule has 2 N–H and O–H groups in total. The summed E-state index contributed by atoms with van der Waals surface area (Å²) in [5.41, 5.74) is 0. The molecule has 1 amide bonds. The van der Waals surface area contributed by atoms with Gasteiger partial charge in [-0.1, -0.05) is 6.92 Å². The molecule has 7 nitrogen and oxygen atoms in total. The van der Waals surface area contributed by atoms with Crippen LogP contribution in [0.3, 0.4) is 0 Å². The van der Waals surface area contributed by atoms with Crippen molar-refractivity contribution >= 4 is 11.8 Å². The monoisotopic (exact) mass is 253 g/mol. The van der Waals surface area contributed by atoms with Crippen LogP contribution in [0.2, 0.25) is 0 Å². The molecular weight excluding hydrogens is 238 g/mol. The fraction of sp³-hybridized carbons (Fsp3) is 0.545. The van der Waals surface area contributed by atoms with Crippen LogP contribution in [-0.4, -0.2) is 30.0 Å². The van der Waals surface area contributed by atoms with E-state index in [0.29, 0.717) is 5.92 Å². The molecule has 1 aliphatic rings. The Labute approximate surface area is 104 Å². The first-order valence-electron chi connectivity index (χ1n) is 5.83. The van der Waals surface area contributed by atoms with Gasteiger partial charge in [-0.2, -0.15) is 0 Å². The van der Waals surface area contributed by atoms with Gasteiger partial charge in [0.15, 0.2) is 5.76 Å². The quantitative estimate of drug-likeness (QED) is 0.616. The van der Waals surface area contributed by atoms with Crippen molar-refractivity contribution in [2.45, 2.75) is 19.4 Å². The highest BCUT2D eigenvalue weighted by Crippen LogP contribution is 2.17. The van der Waals surface area contributed by atoms with Gasteiger partial charge in [0.1, 0.15) is 4.92 Å². The fourth-order valence-electron chi connectivity index (χ4n) is 2.02. The highest BCUT2D eigenvalue weighted by Gasteiger charge is 2.25. The summed E-state index contributed by atoms with van der Waals surface area (Å²) >= 11 is 0. The Bertz CT molecular complexity index is 457. The number of nitrogens with zero attached hydrogens (tertiary/aromatic N) is 1. The highest BCUT2D eigenvalue weighted by molar-refractivity contribution is 5.91. The number of carbonyl (C=O) groups excluding carboxylic acids is 1. The Balaban J connectivity index is 2.00. The van der Waals surface area contributed by atoms with Gasteiger partial charge in [-0.15, -0.1) is 0 Å². The van der Waals surface area contributed by atoms with Crippen LogP contribution in [0.1, 0.15) is 23.9 Å². The molecule has 0 saturated carbocycles. The summed E-state index contributed by atoms with van der Waals surface area (Å²) in [7, 11) is 0. The van der Waals surface area contributed by atoms with Gasteiger partial charge in [-0.25, -0.2) is 0 Å². The van der Waals surface area contributed by atoms with Crippen molar-refractivity contribution in [1.82, 2.24) is 10.6 Å². The molecule has 0 spiro atoms. The Morgan fingerprint density at radius 3 is 3.00 bits per heavy atom. The second-order valence-electron chi connectivity index (χ2n) is 4.45. The normalized spacial score (nSPS) is 23.6. The molecule has 1 fully saturated rings. The number of nitrogens with one attached hydrogen (secondary N) is 2. The molecule has 18 heavy (non-hydrogen) atoms. The third-order valence-electron chi connectivity index (χ3n) is 3.10. The number of hydrogen-bond acceptors (Lipinski definition) is 5. The summed E-state index contributed by atoms with van der Waals surface area (Å²) in [5, 5.41) is 16.5. The number of nitro groups is 1. The molecule has 2 unspecified atom stereocenters. The predicted molar refractivity (Wildman–Crippen MR) is 63.3 cm³/mol. The van der Waals surface area contributed by atoms with Crippen molar-refractivity contribution in [1.29, 1.82) is 0 Å². The minimum absolute atomic E-state index is 0.0209. The van der Waals surface area contributed by atoms with E-state index >= 15 is 0 Å². The van der Waals surface area contributed by atoms with Crippen molar-refractivity contribution in [2.75, 3.05) is 13.1 Å². The van der Waals surface area contributed by atoms with E-state index in [2.05, 4.69) is 10.6 Å². The van der Waals surface area contributed by atoms with Crippen LogP contribution in [0.15, 0.2) is 16.5 Å². The number of rotatable bonds is 3. The Morgan fingerprint density at radius 2 is 2.39 bits per heavy atom. The van der Waals surface area contributed by atoms with Crippen molar-refractivity contribution in [3.63, 3.8) is 0 Å². The molecule has 1 aliphatic heterocycles. The molecule has 0 aliphatic carbocycles. The topological polar surface area (TPSA) is 97.4 Å². The number of hydrogen-bond donors (Lipinski definition) is 2. The second-order valence-corrected chi connectivity index (χ2v) is 4.45. The minimum Gasteiger partial charge on any atom is -0.395 e. The van der Waals surface area contributed by atoms with Gasteiger partial charge in [0.2, 0.25) is 0 Å². The lowest BCUT2D eigenvalue weighted by Gasteiger charge is -2.29. The zero-order valence-electron chi connectivity index (χ0n) is 10.0. The van der Waals surface area contributed by atoms with Gasteiger partial charge in [0.05, 0.1) is 6.07 Å². The number of carbonyl (C=O) groups is 1. The molecule has 1 aromatic heterocycles. The third-order valence-corrected chi connectivity index (χ3v) is 3.10. The van der Waals surface area contributed by atoms with E-state index in [0.717, 1.165) is 19.5 Å². The minimum atomic E-state index is -0.663. The summed E-state index contributed by atoms with van der Waals surface area (Å²) in [6.45, 7) is 3.75. The second kappa shape index (κ2) is 5.18. The van der Waals surface area contributed by atoms with Gasteiger partial charge in [-0.3, -0.25) is 14.9 Å². The van der Waals surface area contributed by atoms with Crippen LogP contribution in [0, 0.1) is 16.0 Å². The van der Waals surface area contributed by atoms with Gasteiger partial charge < -0.3 is 15.1 Å². The highest BCUT2D eigenvalue weighted by atomic mass is 16.6. The maximum Gasteiger partial charge on any atom is 0.433 e. The van der Waals surface area contributed by atoms with Crippen LogP contribution in [0.5, 0.6) is 0 Å². The lowest BCUT2D eigenvalue weighted by molar-refractivity contribution is -0.402. The van der Waals surface area contributed by atoms with Crippen LogP contribution in [0.4, 0.5) is 5.88 Å². The van der Waals surface area contributed by atoms with Gasteiger partial charge in [0, 0.05) is 6.04 Å². The van der Waals surface area contributed by atoms with E-state index in [9.17, 15) is 14.9 Å². The standard InChI is InChI=1S/C11H15N3O4/c1-7-6-12-5-4-8(7)13-11(15)9-2-3-10(18-9)14(16)17/h2-3,7-8,12H,4-6H2,1H3,(H,13,15). The number of amides is 1. The van der Waals surface area contributed by atoms with Crippen LogP contribution in [-0.2, 0) is 0 Å². The maximum atomic E-state index is 11.8. The number of piperidine rings is 1. The van der Waals surface area contributed by atoms with E-state index < -0.39 is 16.7 Å². The Hall–Kier alpha value is -1.89. The van der Waals surface area contributed by atoms with Crippen LogP contribution in [0.25, 0.3) is 0 Å². The van der Waals surface area contributed by atoms with Crippen molar-refractivity contribution in [3.05, 3.63) is 28.0 Å². The zero-order valence-corrected chi connectivity index (χ0v) is 10.0. The molecular formula is C11H15N3O4. The Kier molecular flexibility index (Phi) is 3.61. The van der Waals surface area contributed by atoms with Crippen molar-refractivity contribution in [2.24, 2.45) is 5.92 Å². The molecule has 2 heterocycles. The van der Waals surface area contributed by atoms with E-state index in [4.69, 9.17) is 4.42 Å². The predicted octanol–water partition coefficient (Wildman–Crippen LogP) is 0.916. The summed E-state index contributed by atoms with van der Waals surface area (Å²) in [5.74, 6) is -0.513. The fourth-order valence-corrected chi connectivity index (χ4v) is 2.02. The van der Waals surface area contributed by atoms with Crippen molar-refractivity contribution < 1.29 is 14.1 Å². The van der Waals surface area contributed by atoms with E-state index in [1.54, 1.807) is 0 Å². The van der Waals surface area contributed by atoms with Gasteiger partial charge >= 0.3 is 5.88 Å². The largest absolute Gasteiger partial charge is 0.433 e. The van der Waals surface area contributed by atoms with Crippen molar-refractivity contribution in [3.8, 4) is 0 Å².